The van der Waals surface area contributed by atoms with Crippen molar-refractivity contribution in [2.45, 2.75) is 13.0 Å². The average molecular weight is 321 g/mol. The van der Waals surface area contributed by atoms with Gasteiger partial charge in [-0.2, -0.15) is 0 Å². The molecule has 0 spiro atoms. The van der Waals surface area contributed by atoms with E-state index in [0.29, 0.717) is 5.02 Å². The lowest BCUT2D eigenvalue weighted by atomic mass is 10.1. The molecule has 112 valence electrons. The smallest absolute Gasteiger partial charge is 0.142 e. The van der Waals surface area contributed by atoms with Crippen LogP contribution in [0.4, 0.5) is 4.39 Å². The van der Waals surface area contributed by atoms with Gasteiger partial charge in [-0.1, -0.05) is 23.2 Å². The van der Waals surface area contributed by atoms with Gasteiger partial charge in [0.1, 0.15) is 5.82 Å². The van der Waals surface area contributed by atoms with Gasteiger partial charge < -0.3 is 10.1 Å². The Morgan fingerprint density at radius 2 is 2.00 bits per heavy atom. The number of benzene rings is 1. The number of nitrogens with one attached hydrogen (secondary N) is 1. The van der Waals surface area contributed by atoms with Gasteiger partial charge in [0.05, 0.1) is 18.2 Å². The zero-order valence-electron chi connectivity index (χ0n) is 11.5. The minimum absolute atomic E-state index is 0.0182. The molecule has 1 aromatic carbocycles. The molecule has 0 aromatic heterocycles. The van der Waals surface area contributed by atoms with Crippen molar-refractivity contribution in [3.8, 4) is 0 Å². The second kappa shape index (κ2) is 7.57. The van der Waals surface area contributed by atoms with E-state index in [4.69, 9.17) is 27.9 Å². The summed E-state index contributed by atoms with van der Waals surface area (Å²) in [6.45, 7) is 7.25. The SMILES string of the molecule is CC(NCCN1CCOCC1)c1cc(F)c(Cl)cc1Cl. The summed E-state index contributed by atoms with van der Waals surface area (Å²) in [7, 11) is 0. The molecule has 6 heteroatoms. The summed E-state index contributed by atoms with van der Waals surface area (Å²) >= 11 is 11.8. The lowest BCUT2D eigenvalue weighted by Crippen LogP contribution is -2.40. The Morgan fingerprint density at radius 1 is 1.30 bits per heavy atom. The van der Waals surface area contributed by atoms with Crippen molar-refractivity contribution in [3.63, 3.8) is 0 Å². The molecule has 1 atom stereocenters. The molecule has 1 heterocycles. The molecule has 0 aliphatic carbocycles. The molecular weight excluding hydrogens is 302 g/mol. The second-order valence-electron chi connectivity index (χ2n) is 4.92. The number of ether oxygens (including phenoxy) is 1. The lowest BCUT2D eigenvalue weighted by molar-refractivity contribution is 0.0382. The van der Waals surface area contributed by atoms with E-state index in [0.717, 1.165) is 45.0 Å². The number of nitrogens with zero attached hydrogens (tertiary/aromatic N) is 1. The van der Waals surface area contributed by atoms with Crippen LogP contribution in [0.5, 0.6) is 0 Å². The van der Waals surface area contributed by atoms with Crippen molar-refractivity contribution in [2.75, 3.05) is 39.4 Å². The molecule has 0 amide bonds. The van der Waals surface area contributed by atoms with Gasteiger partial charge in [-0.25, -0.2) is 4.39 Å². The monoisotopic (exact) mass is 320 g/mol. The van der Waals surface area contributed by atoms with Gasteiger partial charge in [0, 0.05) is 37.2 Å². The van der Waals surface area contributed by atoms with E-state index in [1.54, 1.807) is 0 Å². The molecule has 1 unspecified atom stereocenters. The molecule has 1 saturated heterocycles. The van der Waals surface area contributed by atoms with Crippen LogP contribution >= 0.6 is 23.2 Å². The molecule has 0 radical (unpaired) electrons. The predicted octanol–water partition coefficient (Wildman–Crippen LogP) is 3.12. The van der Waals surface area contributed by atoms with Crippen molar-refractivity contribution >= 4 is 23.2 Å². The van der Waals surface area contributed by atoms with Gasteiger partial charge in [-0.3, -0.25) is 4.90 Å². The molecule has 0 saturated carbocycles. The predicted molar refractivity (Wildman–Crippen MR) is 80.1 cm³/mol. The quantitative estimate of drug-likeness (QED) is 0.844. The number of rotatable bonds is 5. The maximum absolute atomic E-state index is 13.5. The first-order chi connectivity index (χ1) is 9.58. The summed E-state index contributed by atoms with van der Waals surface area (Å²) in [5.41, 5.74) is 0.732. The molecular formula is C14H19Cl2FN2O. The van der Waals surface area contributed by atoms with Crippen LogP contribution in [0.25, 0.3) is 0 Å². The summed E-state index contributed by atoms with van der Waals surface area (Å²) in [6, 6.07) is 2.83. The van der Waals surface area contributed by atoms with Crippen LogP contribution in [0, 0.1) is 5.82 Å². The first kappa shape index (κ1) is 16.0. The van der Waals surface area contributed by atoms with Crippen molar-refractivity contribution in [1.29, 1.82) is 0 Å². The third-order valence-electron chi connectivity index (χ3n) is 3.49. The maximum atomic E-state index is 13.5. The largest absolute Gasteiger partial charge is 0.379 e. The lowest BCUT2D eigenvalue weighted by Gasteiger charge is -2.27. The van der Waals surface area contributed by atoms with Crippen molar-refractivity contribution in [2.24, 2.45) is 0 Å². The Labute approximate surface area is 129 Å². The average Bonchev–Trinajstić information content (AvgIpc) is 2.44. The fraction of sp³-hybridized carbons (Fsp3) is 0.571. The minimum Gasteiger partial charge on any atom is -0.379 e. The Balaban J connectivity index is 1.85. The topological polar surface area (TPSA) is 24.5 Å². The van der Waals surface area contributed by atoms with E-state index >= 15 is 0 Å². The van der Waals surface area contributed by atoms with Gasteiger partial charge in [-0.05, 0) is 24.6 Å². The highest BCUT2D eigenvalue weighted by Crippen LogP contribution is 2.28. The van der Waals surface area contributed by atoms with Crippen molar-refractivity contribution in [3.05, 3.63) is 33.6 Å². The van der Waals surface area contributed by atoms with Crippen LogP contribution in [-0.2, 0) is 4.74 Å². The normalized spacial score (nSPS) is 18.2. The van der Waals surface area contributed by atoms with Crippen LogP contribution in [0.3, 0.4) is 0 Å². The summed E-state index contributed by atoms with van der Waals surface area (Å²) in [5.74, 6) is -0.437. The number of morpholine rings is 1. The molecule has 2 rings (SSSR count). The molecule has 20 heavy (non-hydrogen) atoms. The van der Waals surface area contributed by atoms with Gasteiger partial charge in [0.15, 0.2) is 0 Å². The van der Waals surface area contributed by atoms with Crippen LogP contribution in [0.2, 0.25) is 10.0 Å². The van der Waals surface area contributed by atoms with E-state index in [1.165, 1.54) is 12.1 Å². The number of halogens is 3. The van der Waals surface area contributed by atoms with Gasteiger partial charge in [-0.15, -0.1) is 0 Å². The second-order valence-corrected chi connectivity index (χ2v) is 5.73. The molecule has 0 bridgehead atoms. The maximum Gasteiger partial charge on any atom is 0.142 e. The van der Waals surface area contributed by atoms with Crippen LogP contribution in [-0.4, -0.2) is 44.3 Å². The minimum atomic E-state index is -0.437. The summed E-state index contributed by atoms with van der Waals surface area (Å²) < 4.78 is 18.8. The van der Waals surface area contributed by atoms with Crippen molar-refractivity contribution in [1.82, 2.24) is 10.2 Å². The molecule has 1 N–H and O–H groups in total. The fourth-order valence-electron chi connectivity index (χ4n) is 2.24. The molecule has 1 aliphatic rings. The summed E-state index contributed by atoms with van der Waals surface area (Å²) in [6.07, 6.45) is 0. The van der Waals surface area contributed by atoms with E-state index in [9.17, 15) is 4.39 Å². The van der Waals surface area contributed by atoms with E-state index < -0.39 is 5.82 Å². The Bertz CT molecular complexity index is 453. The van der Waals surface area contributed by atoms with Crippen LogP contribution in [0.15, 0.2) is 12.1 Å². The van der Waals surface area contributed by atoms with Crippen LogP contribution < -0.4 is 5.32 Å². The first-order valence-corrected chi connectivity index (χ1v) is 7.51. The molecule has 1 aliphatic heterocycles. The highest BCUT2D eigenvalue weighted by molar-refractivity contribution is 6.35. The first-order valence-electron chi connectivity index (χ1n) is 6.76. The Hall–Kier alpha value is -0.390. The van der Waals surface area contributed by atoms with Gasteiger partial charge in [0.25, 0.3) is 0 Å². The standard InChI is InChI=1S/C14H19Cl2FN2O/c1-10(11-8-14(17)13(16)9-12(11)15)18-2-3-19-4-6-20-7-5-19/h8-10,18H,2-7H2,1H3. The van der Waals surface area contributed by atoms with E-state index in [-0.39, 0.29) is 11.1 Å². The number of hydrogen-bond acceptors (Lipinski definition) is 3. The summed E-state index contributed by atoms with van der Waals surface area (Å²) in [4.78, 5) is 2.34. The fourth-order valence-corrected chi connectivity index (χ4v) is 2.79. The van der Waals surface area contributed by atoms with Gasteiger partial charge in [0.2, 0.25) is 0 Å². The zero-order valence-corrected chi connectivity index (χ0v) is 13.0. The zero-order chi connectivity index (χ0) is 14.5. The molecule has 3 nitrogen and oxygen atoms in total. The summed E-state index contributed by atoms with van der Waals surface area (Å²) in [5, 5.41) is 3.90. The number of hydrogen-bond donors (Lipinski definition) is 1. The highest BCUT2D eigenvalue weighted by atomic mass is 35.5. The van der Waals surface area contributed by atoms with Crippen molar-refractivity contribution < 1.29 is 9.13 Å². The van der Waals surface area contributed by atoms with Crippen LogP contribution in [0.1, 0.15) is 18.5 Å². The van der Waals surface area contributed by atoms with Gasteiger partial charge >= 0.3 is 0 Å². The Morgan fingerprint density at radius 3 is 2.70 bits per heavy atom. The van der Waals surface area contributed by atoms with E-state index in [1.807, 2.05) is 6.92 Å². The third kappa shape index (κ3) is 4.30. The molecule has 1 fully saturated rings. The third-order valence-corrected chi connectivity index (χ3v) is 4.11. The highest BCUT2D eigenvalue weighted by Gasteiger charge is 2.14. The molecule has 1 aromatic rings. The Kier molecular flexibility index (Phi) is 6.05. The van der Waals surface area contributed by atoms with E-state index in [2.05, 4.69) is 10.2 Å².